The van der Waals surface area contributed by atoms with Crippen molar-refractivity contribution in [3.63, 3.8) is 0 Å². The second-order valence-corrected chi connectivity index (χ2v) is 5.53. The molecule has 0 bridgehead atoms. The zero-order chi connectivity index (χ0) is 13.4. The van der Waals surface area contributed by atoms with Crippen LogP contribution in [0.2, 0.25) is 0 Å². The number of nitrogens with zero attached hydrogens (tertiary/aromatic N) is 3. The fourth-order valence-electron chi connectivity index (χ4n) is 2.92. The normalized spacial score (nSPS) is 20.5. The molecule has 19 heavy (non-hydrogen) atoms. The SMILES string of the molecule is CN1CCC(n2c(CCCl)nc3c(F)cccc32)C1. The third kappa shape index (κ3) is 2.23. The minimum absolute atomic E-state index is 0.251. The molecule has 102 valence electrons. The fourth-order valence-corrected chi connectivity index (χ4v) is 3.09. The molecule has 1 aromatic heterocycles. The van der Waals surface area contributed by atoms with Crippen LogP contribution in [0.25, 0.3) is 11.0 Å². The third-order valence-corrected chi connectivity index (χ3v) is 3.98. The van der Waals surface area contributed by atoms with Crippen molar-refractivity contribution in [3.05, 3.63) is 29.8 Å². The Morgan fingerprint density at radius 3 is 3.00 bits per heavy atom. The number of halogens is 2. The van der Waals surface area contributed by atoms with Gasteiger partial charge in [0.25, 0.3) is 0 Å². The molecule has 0 aliphatic carbocycles. The maximum absolute atomic E-state index is 13.9. The zero-order valence-electron chi connectivity index (χ0n) is 10.9. The molecule has 1 aliphatic rings. The van der Waals surface area contributed by atoms with E-state index >= 15 is 0 Å². The average Bonchev–Trinajstić information content (AvgIpc) is 2.94. The number of para-hydroxylation sites is 1. The fraction of sp³-hybridized carbons (Fsp3) is 0.500. The molecule has 0 saturated carbocycles. The van der Waals surface area contributed by atoms with Crippen molar-refractivity contribution in [2.24, 2.45) is 0 Å². The summed E-state index contributed by atoms with van der Waals surface area (Å²) in [6.45, 7) is 2.05. The summed E-state index contributed by atoms with van der Waals surface area (Å²) in [5, 5.41) is 0. The summed E-state index contributed by atoms with van der Waals surface area (Å²) in [6.07, 6.45) is 1.75. The quantitative estimate of drug-likeness (QED) is 0.807. The number of fused-ring (bicyclic) bond motifs is 1. The molecule has 0 radical (unpaired) electrons. The van der Waals surface area contributed by atoms with Gasteiger partial charge < -0.3 is 9.47 Å². The van der Waals surface area contributed by atoms with Gasteiger partial charge in [0.15, 0.2) is 5.82 Å². The second kappa shape index (κ2) is 5.10. The molecule has 0 spiro atoms. The van der Waals surface area contributed by atoms with Crippen LogP contribution in [-0.4, -0.2) is 40.5 Å². The number of alkyl halides is 1. The Morgan fingerprint density at radius 1 is 1.47 bits per heavy atom. The molecule has 3 rings (SSSR count). The van der Waals surface area contributed by atoms with Gasteiger partial charge in [-0.05, 0) is 32.1 Å². The lowest BCUT2D eigenvalue weighted by Crippen LogP contribution is -2.18. The van der Waals surface area contributed by atoms with Gasteiger partial charge in [0.05, 0.1) is 5.52 Å². The van der Waals surface area contributed by atoms with Crippen molar-refractivity contribution < 1.29 is 4.39 Å². The second-order valence-electron chi connectivity index (χ2n) is 5.15. The van der Waals surface area contributed by atoms with Crippen LogP contribution in [0.3, 0.4) is 0 Å². The number of aryl methyl sites for hydroxylation is 1. The zero-order valence-corrected chi connectivity index (χ0v) is 11.7. The molecule has 1 atom stereocenters. The lowest BCUT2D eigenvalue weighted by Gasteiger charge is -2.16. The first-order valence-corrected chi connectivity index (χ1v) is 7.14. The minimum atomic E-state index is -0.251. The van der Waals surface area contributed by atoms with Crippen LogP contribution in [0.5, 0.6) is 0 Å². The van der Waals surface area contributed by atoms with Crippen LogP contribution in [0.15, 0.2) is 18.2 Å². The van der Waals surface area contributed by atoms with Gasteiger partial charge in [0.2, 0.25) is 0 Å². The first kappa shape index (κ1) is 12.9. The summed E-state index contributed by atoms with van der Waals surface area (Å²) in [6, 6.07) is 5.53. The van der Waals surface area contributed by atoms with E-state index in [0.29, 0.717) is 23.9 Å². The van der Waals surface area contributed by atoms with E-state index in [2.05, 4.69) is 21.5 Å². The van der Waals surface area contributed by atoms with E-state index in [0.717, 1.165) is 30.9 Å². The van der Waals surface area contributed by atoms with Crippen LogP contribution in [0, 0.1) is 5.82 Å². The highest BCUT2D eigenvalue weighted by atomic mass is 35.5. The highest BCUT2D eigenvalue weighted by molar-refractivity contribution is 6.17. The third-order valence-electron chi connectivity index (χ3n) is 3.79. The van der Waals surface area contributed by atoms with Crippen LogP contribution >= 0.6 is 11.6 Å². The van der Waals surface area contributed by atoms with Gasteiger partial charge in [0, 0.05) is 24.9 Å². The summed E-state index contributed by atoms with van der Waals surface area (Å²) < 4.78 is 16.0. The highest BCUT2D eigenvalue weighted by Crippen LogP contribution is 2.28. The molecule has 5 heteroatoms. The Labute approximate surface area is 117 Å². The number of imidazole rings is 1. The predicted molar refractivity (Wildman–Crippen MR) is 75.3 cm³/mol. The Bertz CT molecular complexity index is 596. The summed E-state index contributed by atoms with van der Waals surface area (Å²) in [7, 11) is 2.11. The summed E-state index contributed by atoms with van der Waals surface area (Å²) in [4.78, 5) is 6.75. The lowest BCUT2D eigenvalue weighted by atomic mass is 10.2. The van der Waals surface area contributed by atoms with E-state index in [1.165, 1.54) is 6.07 Å². The van der Waals surface area contributed by atoms with Crippen LogP contribution in [0.4, 0.5) is 4.39 Å². The standard InChI is InChI=1S/C14H17ClFN3/c1-18-8-6-10(9-18)19-12-4-2-3-11(16)14(12)17-13(19)5-7-15/h2-4,10H,5-9H2,1H3. The van der Waals surface area contributed by atoms with E-state index in [9.17, 15) is 4.39 Å². The average molecular weight is 282 g/mol. The molecule has 3 nitrogen and oxygen atoms in total. The van der Waals surface area contributed by atoms with Crippen molar-refractivity contribution in [1.82, 2.24) is 14.5 Å². The number of hydrogen-bond donors (Lipinski definition) is 0. The van der Waals surface area contributed by atoms with E-state index < -0.39 is 0 Å². The number of benzene rings is 1. The number of aromatic nitrogens is 2. The van der Waals surface area contributed by atoms with Crippen molar-refractivity contribution in [3.8, 4) is 0 Å². The predicted octanol–water partition coefficient (Wildman–Crippen LogP) is 2.83. The molecular weight excluding hydrogens is 265 g/mol. The number of likely N-dealkylation sites (tertiary alicyclic amines) is 1. The Kier molecular flexibility index (Phi) is 3.46. The van der Waals surface area contributed by atoms with Crippen LogP contribution in [0.1, 0.15) is 18.3 Å². The molecule has 1 aromatic carbocycles. The molecule has 2 heterocycles. The number of hydrogen-bond acceptors (Lipinski definition) is 2. The highest BCUT2D eigenvalue weighted by Gasteiger charge is 2.25. The van der Waals surface area contributed by atoms with Crippen molar-refractivity contribution >= 4 is 22.6 Å². The molecule has 1 aliphatic heterocycles. The first-order chi connectivity index (χ1) is 9.20. The summed E-state index contributed by atoms with van der Waals surface area (Å²) >= 11 is 5.85. The van der Waals surface area contributed by atoms with Crippen molar-refractivity contribution in [1.29, 1.82) is 0 Å². The van der Waals surface area contributed by atoms with E-state index in [1.54, 1.807) is 6.07 Å². The van der Waals surface area contributed by atoms with Gasteiger partial charge in [-0.2, -0.15) is 0 Å². The smallest absolute Gasteiger partial charge is 0.151 e. The van der Waals surface area contributed by atoms with Crippen molar-refractivity contribution in [2.45, 2.75) is 18.9 Å². The topological polar surface area (TPSA) is 21.1 Å². The van der Waals surface area contributed by atoms with Gasteiger partial charge >= 0.3 is 0 Å². The van der Waals surface area contributed by atoms with E-state index in [-0.39, 0.29) is 5.82 Å². The van der Waals surface area contributed by atoms with Crippen LogP contribution in [-0.2, 0) is 6.42 Å². The summed E-state index contributed by atoms with van der Waals surface area (Å²) in [5.74, 6) is 1.15. The van der Waals surface area contributed by atoms with E-state index in [1.807, 2.05) is 6.07 Å². The van der Waals surface area contributed by atoms with E-state index in [4.69, 9.17) is 11.6 Å². The minimum Gasteiger partial charge on any atom is -0.323 e. The van der Waals surface area contributed by atoms with Gasteiger partial charge in [-0.25, -0.2) is 9.37 Å². The Morgan fingerprint density at radius 2 is 2.32 bits per heavy atom. The monoisotopic (exact) mass is 281 g/mol. The molecule has 2 aromatic rings. The van der Waals surface area contributed by atoms with Gasteiger partial charge in [-0.3, -0.25) is 0 Å². The molecule has 0 N–H and O–H groups in total. The van der Waals surface area contributed by atoms with Gasteiger partial charge in [0.1, 0.15) is 11.3 Å². The molecule has 1 unspecified atom stereocenters. The maximum atomic E-state index is 13.9. The molecule has 1 saturated heterocycles. The Hall–Kier alpha value is -1.13. The maximum Gasteiger partial charge on any atom is 0.151 e. The van der Waals surface area contributed by atoms with Crippen LogP contribution < -0.4 is 0 Å². The lowest BCUT2D eigenvalue weighted by molar-refractivity contribution is 0.392. The van der Waals surface area contributed by atoms with Gasteiger partial charge in [-0.1, -0.05) is 6.07 Å². The number of rotatable bonds is 3. The Balaban J connectivity index is 2.14. The van der Waals surface area contributed by atoms with Gasteiger partial charge in [-0.15, -0.1) is 11.6 Å². The largest absolute Gasteiger partial charge is 0.323 e. The summed E-state index contributed by atoms with van der Waals surface area (Å²) in [5.41, 5.74) is 1.36. The van der Waals surface area contributed by atoms with Crippen molar-refractivity contribution in [2.75, 3.05) is 26.0 Å². The molecular formula is C14H17ClFN3. The molecule has 1 fully saturated rings. The first-order valence-electron chi connectivity index (χ1n) is 6.60. The molecule has 0 amide bonds. The number of likely N-dealkylation sites (N-methyl/N-ethyl adjacent to an activating group) is 1.